The lowest BCUT2D eigenvalue weighted by Gasteiger charge is -2.20. The van der Waals surface area contributed by atoms with Crippen molar-refractivity contribution in [2.24, 2.45) is 0 Å². The van der Waals surface area contributed by atoms with Crippen LogP contribution in [0, 0.1) is 0 Å². The summed E-state index contributed by atoms with van der Waals surface area (Å²) in [5.74, 6) is 0. The van der Waals surface area contributed by atoms with E-state index >= 15 is 0 Å². The van der Waals surface area contributed by atoms with Gasteiger partial charge in [0.05, 0.1) is 10.7 Å². The van der Waals surface area contributed by atoms with Crippen LogP contribution < -0.4 is 10.6 Å². The summed E-state index contributed by atoms with van der Waals surface area (Å²) in [7, 11) is 0. The molecule has 1 aromatic rings. The van der Waals surface area contributed by atoms with Crippen LogP contribution in [0.1, 0.15) is 26.3 Å². The van der Waals surface area contributed by atoms with Gasteiger partial charge in [0.2, 0.25) is 0 Å². The Hall–Kier alpha value is -1.42. The molecule has 1 aliphatic rings. The van der Waals surface area contributed by atoms with Crippen LogP contribution in [0.25, 0.3) is 0 Å². The maximum Gasteiger partial charge on any atom is 0.412 e. The van der Waals surface area contributed by atoms with Gasteiger partial charge in [0.1, 0.15) is 5.60 Å². The highest BCUT2D eigenvalue weighted by atomic mass is 35.5. The van der Waals surface area contributed by atoms with E-state index in [4.69, 9.17) is 16.3 Å². The molecule has 1 aromatic carbocycles. The van der Waals surface area contributed by atoms with E-state index in [1.807, 2.05) is 20.8 Å². The van der Waals surface area contributed by atoms with Crippen molar-refractivity contribution in [3.8, 4) is 0 Å². The third-order valence-corrected chi connectivity index (χ3v) is 2.89. The van der Waals surface area contributed by atoms with Gasteiger partial charge in [-0.1, -0.05) is 11.6 Å². The molecule has 0 atom stereocenters. The lowest BCUT2D eigenvalue weighted by molar-refractivity contribution is 0.0636. The molecular formula is C13H17ClN2O2. The zero-order valence-corrected chi connectivity index (χ0v) is 11.5. The summed E-state index contributed by atoms with van der Waals surface area (Å²) in [6, 6.07) is 3.57. The Morgan fingerprint density at radius 1 is 1.44 bits per heavy atom. The van der Waals surface area contributed by atoms with E-state index in [1.165, 1.54) is 0 Å². The van der Waals surface area contributed by atoms with Gasteiger partial charge in [-0.2, -0.15) is 0 Å². The van der Waals surface area contributed by atoms with Crippen molar-refractivity contribution in [1.29, 1.82) is 0 Å². The number of anilines is 2. The minimum absolute atomic E-state index is 0.445. The molecular weight excluding hydrogens is 252 g/mol. The molecule has 0 saturated carbocycles. The molecule has 0 spiro atoms. The Morgan fingerprint density at radius 3 is 2.83 bits per heavy atom. The molecule has 5 heteroatoms. The Kier molecular flexibility index (Phi) is 3.39. The standard InChI is InChI=1S/C13H17ClN2O2/c1-13(2,3)18-12(17)16-10-5-4-9(14)11-8(10)6-7-15-11/h4-5,15H,6-7H2,1-3H3,(H,16,17). The topological polar surface area (TPSA) is 50.4 Å². The number of rotatable bonds is 1. The molecule has 0 aliphatic carbocycles. The van der Waals surface area contributed by atoms with Crippen LogP contribution in [0.15, 0.2) is 12.1 Å². The van der Waals surface area contributed by atoms with Gasteiger partial charge in [0, 0.05) is 17.8 Å². The van der Waals surface area contributed by atoms with Crippen LogP contribution in [0.2, 0.25) is 5.02 Å². The molecule has 0 radical (unpaired) electrons. The van der Waals surface area contributed by atoms with E-state index in [-0.39, 0.29) is 0 Å². The van der Waals surface area contributed by atoms with Crippen molar-refractivity contribution in [2.45, 2.75) is 32.8 Å². The number of amides is 1. The van der Waals surface area contributed by atoms with Crippen LogP contribution in [-0.4, -0.2) is 18.2 Å². The molecule has 0 fully saturated rings. The lowest BCUT2D eigenvalue weighted by atomic mass is 10.1. The zero-order chi connectivity index (χ0) is 13.3. The number of carbonyl (C=O) groups excluding carboxylic acids is 1. The summed E-state index contributed by atoms with van der Waals surface area (Å²) in [5.41, 5.74) is 2.20. The van der Waals surface area contributed by atoms with Crippen molar-refractivity contribution in [1.82, 2.24) is 0 Å². The average Bonchev–Trinajstić information content (AvgIpc) is 2.69. The minimum atomic E-state index is -0.502. The number of hydrogen-bond donors (Lipinski definition) is 2. The molecule has 0 unspecified atom stereocenters. The van der Waals surface area contributed by atoms with E-state index < -0.39 is 11.7 Å². The number of hydrogen-bond acceptors (Lipinski definition) is 3. The molecule has 4 nitrogen and oxygen atoms in total. The fraction of sp³-hybridized carbons (Fsp3) is 0.462. The zero-order valence-electron chi connectivity index (χ0n) is 10.8. The number of ether oxygens (including phenoxy) is 1. The van der Waals surface area contributed by atoms with Crippen molar-refractivity contribution >= 4 is 29.1 Å². The smallest absolute Gasteiger partial charge is 0.412 e. The average molecular weight is 269 g/mol. The van der Waals surface area contributed by atoms with E-state index in [2.05, 4.69) is 10.6 Å². The summed E-state index contributed by atoms with van der Waals surface area (Å²) < 4.78 is 5.23. The summed E-state index contributed by atoms with van der Waals surface area (Å²) >= 11 is 6.08. The summed E-state index contributed by atoms with van der Waals surface area (Å²) in [6.45, 7) is 6.34. The van der Waals surface area contributed by atoms with Crippen molar-refractivity contribution in [3.05, 3.63) is 22.7 Å². The summed E-state index contributed by atoms with van der Waals surface area (Å²) in [4.78, 5) is 11.7. The molecule has 2 N–H and O–H groups in total. The highest BCUT2D eigenvalue weighted by molar-refractivity contribution is 6.33. The molecule has 0 saturated heterocycles. The maximum atomic E-state index is 11.7. The van der Waals surface area contributed by atoms with Crippen LogP contribution in [0.4, 0.5) is 16.2 Å². The monoisotopic (exact) mass is 268 g/mol. The predicted octanol–water partition coefficient (Wildman–Crippen LogP) is 3.66. The van der Waals surface area contributed by atoms with E-state index in [0.717, 1.165) is 29.9 Å². The Morgan fingerprint density at radius 2 is 2.17 bits per heavy atom. The first-order valence-corrected chi connectivity index (χ1v) is 6.30. The van der Waals surface area contributed by atoms with Gasteiger partial charge in [0.15, 0.2) is 0 Å². The quantitative estimate of drug-likeness (QED) is 0.817. The fourth-order valence-electron chi connectivity index (χ4n) is 1.91. The van der Waals surface area contributed by atoms with Gasteiger partial charge < -0.3 is 10.1 Å². The largest absolute Gasteiger partial charge is 0.444 e. The number of fused-ring (bicyclic) bond motifs is 1. The van der Waals surface area contributed by atoms with Crippen molar-refractivity contribution in [2.75, 3.05) is 17.2 Å². The molecule has 1 aliphatic heterocycles. The van der Waals surface area contributed by atoms with Crippen LogP contribution >= 0.6 is 11.6 Å². The summed E-state index contributed by atoms with van der Waals surface area (Å²) in [6.07, 6.45) is 0.403. The molecule has 18 heavy (non-hydrogen) atoms. The summed E-state index contributed by atoms with van der Waals surface area (Å²) in [5, 5.41) is 6.65. The second-order valence-corrected chi connectivity index (χ2v) is 5.66. The Balaban J connectivity index is 2.16. The third-order valence-electron chi connectivity index (χ3n) is 2.57. The molecule has 1 amide bonds. The van der Waals surface area contributed by atoms with E-state index in [9.17, 15) is 4.79 Å². The second kappa shape index (κ2) is 4.69. The van der Waals surface area contributed by atoms with Crippen molar-refractivity contribution in [3.63, 3.8) is 0 Å². The molecule has 1 heterocycles. The molecule has 0 aromatic heterocycles. The number of halogens is 1. The molecule has 0 bridgehead atoms. The van der Waals surface area contributed by atoms with Gasteiger partial charge in [-0.05, 0) is 39.3 Å². The highest BCUT2D eigenvalue weighted by Gasteiger charge is 2.21. The number of benzene rings is 1. The first-order chi connectivity index (χ1) is 8.37. The predicted molar refractivity (Wildman–Crippen MR) is 73.5 cm³/mol. The lowest BCUT2D eigenvalue weighted by Crippen LogP contribution is -2.27. The molecule has 2 rings (SSSR count). The van der Waals surface area contributed by atoms with Crippen LogP contribution in [-0.2, 0) is 11.2 Å². The first-order valence-electron chi connectivity index (χ1n) is 5.92. The minimum Gasteiger partial charge on any atom is -0.444 e. The van der Waals surface area contributed by atoms with Gasteiger partial charge in [0.25, 0.3) is 0 Å². The second-order valence-electron chi connectivity index (χ2n) is 5.25. The maximum absolute atomic E-state index is 11.7. The van der Waals surface area contributed by atoms with Gasteiger partial charge in [-0.15, -0.1) is 0 Å². The third kappa shape index (κ3) is 2.88. The van der Waals surface area contributed by atoms with Crippen LogP contribution in [0.3, 0.4) is 0 Å². The highest BCUT2D eigenvalue weighted by Crippen LogP contribution is 2.35. The molecule has 98 valence electrons. The normalized spacial score (nSPS) is 13.8. The fourth-order valence-corrected chi connectivity index (χ4v) is 2.16. The number of carbonyl (C=O) groups is 1. The number of nitrogens with one attached hydrogen (secondary N) is 2. The first kappa shape index (κ1) is 13.0. The van der Waals surface area contributed by atoms with Crippen LogP contribution in [0.5, 0.6) is 0 Å². The SMILES string of the molecule is CC(C)(C)OC(=O)Nc1ccc(Cl)c2c1CCN2. The van der Waals surface area contributed by atoms with Gasteiger partial charge in [-0.25, -0.2) is 4.79 Å². The van der Waals surface area contributed by atoms with Gasteiger partial charge in [-0.3, -0.25) is 5.32 Å². The Labute approximate surface area is 112 Å². The van der Waals surface area contributed by atoms with Crippen molar-refractivity contribution < 1.29 is 9.53 Å². The van der Waals surface area contributed by atoms with E-state index in [0.29, 0.717) is 5.02 Å². The Bertz CT molecular complexity index is 481. The van der Waals surface area contributed by atoms with Gasteiger partial charge >= 0.3 is 6.09 Å². The van der Waals surface area contributed by atoms with E-state index in [1.54, 1.807) is 12.1 Å².